The third-order valence-corrected chi connectivity index (χ3v) is 4.56. The molecule has 0 amide bonds. The largest absolute Gasteiger partial charge is 0.435 e. The van der Waals surface area contributed by atoms with Crippen LogP contribution >= 0.6 is 11.6 Å². The lowest BCUT2D eigenvalue weighted by atomic mass is 10.1. The number of aryl methyl sites for hydroxylation is 1. The molecule has 3 aromatic rings. The monoisotopic (exact) mass is 409 g/mol. The lowest BCUT2D eigenvalue weighted by Gasteiger charge is -2.18. The highest BCUT2D eigenvalue weighted by molar-refractivity contribution is 6.33. The molecular formula is C19H18ClF2N3O3. The van der Waals surface area contributed by atoms with Crippen LogP contribution in [0.15, 0.2) is 35.3 Å². The number of nitrogens with zero attached hydrogens (tertiary/aromatic N) is 3. The van der Waals surface area contributed by atoms with Crippen molar-refractivity contribution >= 4 is 22.8 Å². The number of rotatable bonds is 6. The van der Waals surface area contributed by atoms with Crippen molar-refractivity contribution in [2.24, 2.45) is 0 Å². The van der Waals surface area contributed by atoms with Crippen LogP contribution in [0, 0.1) is 6.92 Å². The molecule has 3 rings (SSSR count). The average Bonchev–Trinajstić information content (AvgIpc) is 2.62. The van der Waals surface area contributed by atoms with Crippen molar-refractivity contribution in [3.05, 3.63) is 51.5 Å². The molecule has 0 spiro atoms. The third-order valence-electron chi connectivity index (χ3n) is 4.25. The summed E-state index contributed by atoms with van der Waals surface area (Å²) in [5.41, 5.74) is 2.10. The number of pyridine rings is 1. The van der Waals surface area contributed by atoms with Gasteiger partial charge in [-0.1, -0.05) is 11.6 Å². The molecule has 0 aliphatic rings. The molecule has 0 bridgehead atoms. The van der Waals surface area contributed by atoms with Crippen molar-refractivity contribution in [3.63, 3.8) is 0 Å². The number of fused-ring (bicyclic) bond motifs is 1. The minimum Gasteiger partial charge on any atom is -0.435 e. The topological polar surface area (TPSA) is 66.2 Å². The SMILES string of the molecule is COCC(C)n1c(=O)c(C)nc2c(-c3ccc(OC(F)F)cc3Cl)ccnc21. The van der Waals surface area contributed by atoms with E-state index in [-0.39, 0.29) is 22.4 Å². The molecule has 2 aromatic heterocycles. The Morgan fingerprint density at radius 2 is 2.00 bits per heavy atom. The highest BCUT2D eigenvalue weighted by Crippen LogP contribution is 2.34. The van der Waals surface area contributed by atoms with Gasteiger partial charge < -0.3 is 9.47 Å². The maximum atomic E-state index is 12.7. The van der Waals surface area contributed by atoms with Crippen LogP contribution in [0.1, 0.15) is 18.7 Å². The van der Waals surface area contributed by atoms with Gasteiger partial charge >= 0.3 is 6.61 Å². The summed E-state index contributed by atoms with van der Waals surface area (Å²) < 4.78 is 35.9. The second-order valence-corrected chi connectivity index (χ2v) is 6.63. The van der Waals surface area contributed by atoms with Crippen LogP contribution in [-0.4, -0.2) is 34.9 Å². The molecule has 0 fully saturated rings. The van der Waals surface area contributed by atoms with E-state index >= 15 is 0 Å². The Hall–Kier alpha value is -2.58. The van der Waals surface area contributed by atoms with Gasteiger partial charge in [0.05, 0.1) is 17.7 Å². The van der Waals surface area contributed by atoms with E-state index in [4.69, 9.17) is 16.3 Å². The molecule has 9 heteroatoms. The van der Waals surface area contributed by atoms with Gasteiger partial charge in [-0.25, -0.2) is 9.97 Å². The Morgan fingerprint density at radius 1 is 1.25 bits per heavy atom. The fourth-order valence-corrected chi connectivity index (χ4v) is 3.32. The molecule has 1 atom stereocenters. The van der Waals surface area contributed by atoms with E-state index in [0.29, 0.717) is 34.6 Å². The second-order valence-electron chi connectivity index (χ2n) is 6.23. The van der Waals surface area contributed by atoms with Crippen LogP contribution in [-0.2, 0) is 4.74 Å². The van der Waals surface area contributed by atoms with Crippen molar-refractivity contribution < 1.29 is 18.3 Å². The van der Waals surface area contributed by atoms with E-state index in [2.05, 4.69) is 14.7 Å². The van der Waals surface area contributed by atoms with Crippen LogP contribution < -0.4 is 10.3 Å². The molecular weight excluding hydrogens is 392 g/mol. The molecule has 28 heavy (non-hydrogen) atoms. The van der Waals surface area contributed by atoms with Crippen molar-refractivity contribution in [3.8, 4) is 16.9 Å². The Morgan fingerprint density at radius 3 is 2.64 bits per heavy atom. The first kappa shape index (κ1) is 20.2. The summed E-state index contributed by atoms with van der Waals surface area (Å²) in [7, 11) is 1.55. The molecule has 148 valence electrons. The van der Waals surface area contributed by atoms with E-state index in [1.165, 1.54) is 16.7 Å². The quantitative estimate of drug-likeness (QED) is 0.609. The molecule has 0 radical (unpaired) electrons. The summed E-state index contributed by atoms with van der Waals surface area (Å²) in [6, 6.07) is 5.72. The molecule has 0 aliphatic carbocycles. The van der Waals surface area contributed by atoms with Gasteiger partial charge in [-0.15, -0.1) is 0 Å². The van der Waals surface area contributed by atoms with Crippen molar-refractivity contribution in [2.75, 3.05) is 13.7 Å². The van der Waals surface area contributed by atoms with Gasteiger partial charge in [-0.2, -0.15) is 8.78 Å². The minimum absolute atomic E-state index is 0.0446. The van der Waals surface area contributed by atoms with E-state index < -0.39 is 6.61 Å². The van der Waals surface area contributed by atoms with Gasteiger partial charge in [-0.05, 0) is 38.1 Å². The van der Waals surface area contributed by atoms with Gasteiger partial charge in [0.2, 0.25) is 0 Å². The lowest BCUT2D eigenvalue weighted by molar-refractivity contribution is -0.0498. The third kappa shape index (κ3) is 3.83. The van der Waals surface area contributed by atoms with Crippen molar-refractivity contribution in [1.82, 2.24) is 14.5 Å². The number of alkyl halides is 2. The van der Waals surface area contributed by atoms with E-state index in [9.17, 15) is 13.6 Å². The standard InChI is InChI=1S/C19H18ClF2N3O3/c1-10(9-27-3)25-17-16(24-11(2)18(25)26)14(6-7-23-17)13-5-4-12(8-15(13)20)28-19(21)22/h4-8,10,19H,9H2,1-3H3. The van der Waals surface area contributed by atoms with E-state index in [1.807, 2.05) is 6.92 Å². The van der Waals surface area contributed by atoms with Gasteiger partial charge in [0.15, 0.2) is 5.65 Å². The first-order valence-corrected chi connectivity index (χ1v) is 8.82. The maximum absolute atomic E-state index is 12.7. The van der Waals surface area contributed by atoms with Crippen LogP contribution in [0.3, 0.4) is 0 Å². The molecule has 0 aliphatic heterocycles. The van der Waals surface area contributed by atoms with Gasteiger partial charge in [0.1, 0.15) is 17.0 Å². The molecule has 0 N–H and O–H groups in total. The number of halogens is 3. The van der Waals surface area contributed by atoms with Crippen LogP contribution in [0.25, 0.3) is 22.3 Å². The van der Waals surface area contributed by atoms with Crippen LogP contribution in [0.5, 0.6) is 5.75 Å². The molecule has 0 saturated heterocycles. The maximum Gasteiger partial charge on any atom is 0.387 e. The van der Waals surface area contributed by atoms with Crippen LogP contribution in [0.2, 0.25) is 5.02 Å². The molecule has 1 unspecified atom stereocenters. The number of hydrogen-bond acceptors (Lipinski definition) is 5. The highest BCUT2D eigenvalue weighted by Gasteiger charge is 2.19. The first-order valence-electron chi connectivity index (χ1n) is 8.45. The van der Waals surface area contributed by atoms with Gasteiger partial charge in [0.25, 0.3) is 5.56 Å². The van der Waals surface area contributed by atoms with E-state index in [1.54, 1.807) is 32.4 Å². The number of aromatic nitrogens is 3. The number of methoxy groups -OCH3 is 1. The summed E-state index contributed by atoms with van der Waals surface area (Å²) in [5.74, 6) is -0.0446. The summed E-state index contributed by atoms with van der Waals surface area (Å²) in [4.78, 5) is 21.4. The second kappa shape index (κ2) is 8.20. The smallest absolute Gasteiger partial charge is 0.387 e. The Bertz CT molecular complexity index is 1070. The summed E-state index contributed by atoms with van der Waals surface area (Å²) in [5, 5.41) is 0.216. The molecule has 0 saturated carbocycles. The normalized spacial score (nSPS) is 12.5. The minimum atomic E-state index is -2.94. The fraction of sp³-hybridized carbons (Fsp3) is 0.316. The fourth-order valence-electron chi connectivity index (χ4n) is 3.05. The number of hydrogen-bond donors (Lipinski definition) is 0. The van der Waals surface area contributed by atoms with Gasteiger partial charge in [0, 0.05) is 24.4 Å². The zero-order chi connectivity index (χ0) is 20.4. The summed E-state index contributed by atoms with van der Waals surface area (Å²) >= 11 is 6.31. The zero-order valence-corrected chi connectivity index (χ0v) is 16.2. The summed E-state index contributed by atoms with van der Waals surface area (Å²) in [6.45, 7) is 0.854. The Labute approximate surface area is 164 Å². The van der Waals surface area contributed by atoms with Crippen LogP contribution in [0.4, 0.5) is 8.78 Å². The van der Waals surface area contributed by atoms with E-state index in [0.717, 1.165) is 0 Å². The predicted octanol–water partition coefficient (Wildman–Crippen LogP) is 4.23. The molecule has 6 nitrogen and oxygen atoms in total. The average molecular weight is 410 g/mol. The Kier molecular flexibility index (Phi) is 5.90. The van der Waals surface area contributed by atoms with Crippen molar-refractivity contribution in [1.29, 1.82) is 0 Å². The number of ether oxygens (including phenoxy) is 2. The summed E-state index contributed by atoms with van der Waals surface area (Å²) in [6.07, 6.45) is 1.55. The predicted molar refractivity (Wildman–Crippen MR) is 102 cm³/mol. The first-order chi connectivity index (χ1) is 13.3. The molecule has 1 aromatic carbocycles. The lowest BCUT2D eigenvalue weighted by Crippen LogP contribution is -2.29. The molecule has 2 heterocycles. The Balaban J connectivity index is 2.22. The van der Waals surface area contributed by atoms with Crippen molar-refractivity contribution in [2.45, 2.75) is 26.5 Å². The zero-order valence-electron chi connectivity index (χ0n) is 15.4. The highest BCUT2D eigenvalue weighted by atomic mass is 35.5. The number of benzene rings is 1. The van der Waals surface area contributed by atoms with Gasteiger partial charge in [-0.3, -0.25) is 9.36 Å².